The zero-order chi connectivity index (χ0) is 23.6. The lowest BCUT2D eigenvalue weighted by atomic mass is 10.1. The van der Waals surface area contributed by atoms with Crippen LogP contribution in [0.15, 0.2) is 71.8 Å². The number of anilines is 1. The van der Waals surface area contributed by atoms with Gasteiger partial charge in [0.05, 0.1) is 9.90 Å². The number of nitrogens with zero attached hydrogens (tertiary/aromatic N) is 2. The van der Waals surface area contributed by atoms with E-state index in [0.29, 0.717) is 23.7 Å². The van der Waals surface area contributed by atoms with Gasteiger partial charge in [-0.3, -0.25) is 4.79 Å². The van der Waals surface area contributed by atoms with Crippen molar-refractivity contribution < 1.29 is 13.2 Å². The van der Waals surface area contributed by atoms with Crippen molar-refractivity contribution in [1.82, 2.24) is 9.29 Å². The van der Waals surface area contributed by atoms with Crippen molar-refractivity contribution in [3.05, 3.63) is 76.8 Å². The van der Waals surface area contributed by atoms with Crippen LogP contribution in [0.5, 0.6) is 0 Å². The predicted octanol–water partition coefficient (Wildman–Crippen LogP) is 5.90. The van der Waals surface area contributed by atoms with Crippen LogP contribution in [0.2, 0.25) is 5.02 Å². The fraction of sp³-hybridized carbons (Fsp3) is 0.167. The number of benzene rings is 2. The first-order valence-electron chi connectivity index (χ1n) is 10.4. The Morgan fingerprint density at radius 1 is 1.03 bits per heavy atom. The highest BCUT2D eigenvalue weighted by Gasteiger charge is 2.25. The second kappa shape index (κ2) is 9.61. The summed E-state index contributed by atoms with van der Waals surface area (Å²) >= 11 is 7.46. The molecule has 170 valence electrons. The third kappa shape index (κ3) is 4.79. The van der Waals surface area contributed by atoms with Crippen LogP contribution in [0.3, 0.4) is 0 Å². The monoisotopic (exact) mass is 499 g/mol. The molecule has 0 saturated heterocycles. The number of rotatable bonds is 7. The van der Waals surface area contributed by atoms with Crippen molar-refractivity contribution >= 4 is 54.8 Å². The van der Waals surface area contributed by atoms with E-state index in [1.54, 1.807) is 32.2 Å². The molecule has 9 heteroatoms. The van der Waals surface area contributed by atoms with Crippen LogP contribution in [0.1, 0.15) is 23.5 Å². The first-order chi connectivity index (χ1) is 15.8. The number of pyridine rings is 1. The summed E-state index contributed by atoms with van der Waals surface area (Å²) in [4.78, 5) is 18.6. The number of sulfonamides is 1. The van der Waals surface area contributed by atoms with Crippen LogP contribution in [0.4, 0.5) is 5.69 Å². The van der Waals surface area contributed by atoms with E-state index in [9.17, 15) is 13.2 Å². The van der Waals surface area contributed by atoms with Crippen LogP contribution >= 0.6 is 22.9 Å². The van der Waals surface area contributed by atoms with E-state index in [0.717, 1.165) is 21.3 Å². The average Bonchev–Trinajstić information content (AvgIpc) is 3.25. The fourth-order valence-corrected chi connectivity index (χ4v) is 6.34. The van der Waals surface area contributed by atoms with Crippen molar-refractivity contribution in [2.45, 2.75) is 18.7 Å². The number of thiophene rings is 1. The fourth-order valence-electron chi connectivity index (χ4n) is 3.51. The zero-order valence-electron chi connectivity index (χ0n) is 18.1. The Labute approximate surface area is 201 Å². The maximum atomic E-state index is 12.9. The highest BCUT2D eigenvalue weighted by Crippen LogP contribution is 2.31. The Balaban J connectivity index is 1.61. The summed E-state index contributed by atoms with van der Waals surface area (Å²) in [7, 11) is -3.76. The smallest absolute Gasteiger partial charge is 0.265 e. The van der Waals surface area contributed by atoms with E-state index in [4.69, 9.17) is 11.6 Å². The van der Waals surface area contributed by atoms with E-state index in [1.165, 1.54) is 27.8 Å². The minimum Gasteiger partial charge on any atom is -0.321 e. The molecule has 0 fully saturated rings. The van der Waals surface area contributed by atoms with Gasteiger partial charge in [-0.2, -0.15) is 4.31 Å². The number of nitrogens with one attached hydrogen (secondary N) is 1. The molecule has 1 N–H and O–H groups in total. The zero-order valence-corrected chi connectivity index (χ0v) is 20.5. The Morgan fingerprint density at radius 3 is 2.45 bits per heavy atom. The van der Waals surface area contributed by atoms with Crippen molar-refractivity contribution in [2.24, 2.45) is 0 Å². The second-order valence-electron chi connectivity index (χ2n) is 7.28. The van der Waals surface area contributed by atoms with Gasteiger partial charge in [0.25, 0.3) is 5.91 Å². The molecule has 6 nitrogen and oxygen atoms in total. The summed E-state index contributed by atoms with van der Waals surface area (Å²) in [5.74, 6) is -0.340. The normalized spacial score (nSPS) is 11.8. The quantitative estimate of drug-likeness (QED) is 0.343. The molecule has 0 spiro atoms. The molecule has 4 rings (SSSR count). The topological polar surface area (TPSA) is 79.4 Å². The van der Waals surface area contributed by atoms with Gasteiger partial charge < -0.3 is 5.32 Å². The maximum absolute atomic E-state index is 12.9. The minimum absolute atomic E-state index is 0.0313. The van der Waals surface area contributed by atoms with Crippen molar-refractivity contribution in [1.29, 1.82) is 0 Å². The number of hydrogen-bond acceptors (Lipinski definition) is 5. The van der Waals surface area contributed by atoms with Gasteiger partial charge in [0.2, 0.25) is 10.0 Å². The molecule has 2 aromatic carbocycles. The Kier molecular flexibility index (Phi) is 6.81. The summed E-state index contributed by atoms with van der Waals surface area (Å²) < 4.78 is 27.1. The molecule has 0 bridgehead atoms. The van der Waals surface area contributed by atoms with E-state index >= 15 is 0 Å². The lowest BCUT2D eigenvalue weighted by Crippen LogP contribution is -2.30. The SMILES string of the molecule is CCN(CC)S(=O)(=O)c1cc(NC(=O)c2cc3cc(-c4ccccc4)cnc3s2)ccc1Cl. The third-order valence-corrected chi connectivity index (χ3v) is 8.80. The van der Waals surface area contributed by atoms with Gasteiger partial charge in [0, 0.05) is 35.9 Å². The number of amides is 1. The number of fused-ring (bicyclic) bond motifs is 1. The molecule has 0 atom stereocenters. The molecule has 2 heterocycles. The minimum atomic E-state index is -3.76. The first kappa shape index (κ1) is 23.4. The van der Waals surface area contributed by atoms with E-state index < -0.39 is 10.0 Å². The first-order valence-corrected chi connectivity index (χ1v) is 13.0. The highest BCUT2D eigenvalue weighted by atomic mass is 35.5. The van der Waals surface area contributed by atoms with Crippen molar-refractivity contribution in [3.8, 4) is 11.1 Å². The summed E-state index contributed by atoms with van der Waals surface area (Å²) in [5.41, 5.74) is 2.37. The Bertz CT molecular complexity index is 1420. The third-order valence-electron chi connectivity index (χ3n) is 5.22. The molecule has 0 radical (unpaired) electrons. The van der Waals surface area contributed by atoms with E-state index in [2.05, 4.69) is 10.3 Å². The molecule has 33 heavy (non-hydrogen) atoms. The van der Waals surface area contributed by atoms with Crippen LogP contribution in [0.25, 0.3) is 21.3 Å². The number of aromatic nitrogens is 1. The molecule has 0 aliphatic rings. The molecule has 0 aliphatic carbocycles. The lowest BCUT2D eigenvalue weighted by Gasteiger charge is -2.19. The van der Waals surface area contributed by atoms with Gasteiger partial charge in [0.15, 0.2) is 0 Å². The average molecular weight is 500 g/mol. The van der Waals surface area contributed by atoms with Gasteiger partial charge in [-0.15, -0.1) is 11.3 Å². The van der Waals surface area contributed by atoms with Crippen LogP contribution < -0.4 is 5.32 Å². The summed E-state index contributed by atoms with van der Waals surface area (Å²) in [6, 6.07) is 18.2. The van der Waals surface area contributed by atoms with Crippen LogP contribution in [-0.2, 0) is 10.0 Å². The molecule has 4 aromatic rings. The summed E-state index contributed by atoms with van der Waals surface area (Å²) in [6.07, 6.45) is 1.79. The van der Waals surface area contributed by atoms with Gasteiger partial charge in [-0.05, 0) is 35.9 Å². The Morgan fingerprint density at radius 2 is 1.76 bits per heavy atom. The highest BCUT2D eigenvalue weighted by molar-refractivity contribution is 7.89. The molecule has 0 saturated carbocycles. The van der Waals surface area contributed by atoms with E-state index in [-0.39, 0.29) is 15.8 Å². The van der Waals surface area contributed by atoms with Crippen LogP contribution in [0, 0.1) is 0 Å². The Hall–Kier alpha value is -2.78. The number of carbonyl (C=O) groups is 1. The molecular formula is C24H22ClN3O3S2. The molecule has 0 unspecified atom stereocenters. The standard InChI is InChI=1S/C24H22ClN3O3S2/c1-3-28(4-2)33(30,31)22-14-19(10-11-20(22)25)27-23(29)21-13-17-12-18(15-26-24(17)32-21)16-8-6-5-7-9-16/h5-15H,3-4H2,1-2H3,(H,27,29). The van der Waals surface area contributed by atoms with Crippen molar-refractivity contribution in [3.63, 3.8) is 0 Å². The summed E-state index contributed by atoms with van der Waals surface area (Å²) in [5, 5.41) is 3.76. The van der Waals surface area contributed by atoms with Gasteiger partial charge >= 0.3 is 0 Å². The molecule has 0 aliphatic heterocycles. The predicted molar refractivity (Wildman–Crippen MR) is 135 cm³/mol. The van der Waals surface area contributed by atoms with Crippen LogP contribution in [-0.4, -0.2) is 36.7 Å². The number of halogens is 1. The second-order valence-corrected chi connectivity index (χ2v) is 10.6. The number of hydrogen-bond donors (Lipinski definition) is 1. The van der Waals surface area contributed by atoms with Gasteiger partial charge in [-0.1, -0.05) is 55.8 Å². The van der Waals surface area contributed by atoms with Crippen molar-refractivity contribution in [2.75, 3.05) is 18.4 Å². The molecule has 1 amide bonds. The van der Waals surface area contributed by atoms with Gasteiger partial charge in [-0.25, -0.2) is 13.4 Å². The molecule has 2 aromatic heterocycles. The van der Waals surface area contributed by atoms with Gasteiger partial charge in [0.1, 0.15) is 9.73 Å². The maximum Gasteiger partial charge on any atom is 0.265 e. The largest absolute Gasteiger partial charge is 0.321 e. The van der Waals surface area contributed by atoms with E-state index in [1.807, 2.05) is 36.4 Å². The lowest BCUT2D eigenvalue weighted by molar-refractivity contribution is 0.103. The number of carbonyl (C=O) groups excluding carboxylic acids is 1. The molecular weight excluding hydrogens is 478 g/mol. The summed E-state index contributed by atoms with van der Waals surface area (Å²) in [6.45, 7) is 4.18.